The Hall–Kier alpha value is -2.93. The van der Waals surface area contributed by atoms with Gasteiger partial charge in [0.1, 0.15) is 5.75 Å². The van der Waals surface area contributed by atoms with Gasteiger partial charge in [-0.2, -0.15) is 0 Å². The zero-order chi connectivity index (χ0) is 22.0. The smallest absolute Gasteiger partial charge is 0.338 e. The summed E-state index contributed by atoms with van der Waals surface area (Å²) < 4.78 is 12.9. The lowest BCUT2D eigenvalue weighted by Gasteiger charge is -2.24. The molecule has 162 valence electrons. The van der Waals surface area contributed by atoms with E-state index >= 15 is 0 Å². The van der Waals surface area contributed by atoms with Crippen LogP contribution in [0.3, 0.4) is 0 Å². The Balaban J connectivity index is 1.89. The van der Waals surface area contributed by atoms with Crippen molar-refractivity contribution in [1.82, 2.24) is 4.57 Å². The molecule has 7 heteroatoms. The molecular formula is C24H26N2O4S. The van der Waals surface area contributed by atoms with Gasteiger partial charge in [0, 0.05) is 0 Å². The summed E-state index contributed by atoms with van der Waals surface area (Å²) in [4.78, 5) is 31.6. The number of nitrogens with zero attached hydrogens (tertiary/aromatic N) is 2. The van der Waals surface area contributed by atoms with Crippen LogP contribution >= 0.6 is 11.3 Å². The van der Waals surface area contributed by atoms with Crippen LogP contribution in [-0.2, 0) is 9.53 Å². The van der Waals surface area contributed by atoms with E-state index < -0.39 is 12.0 Å². The molecule has 2 aromatic rings. The summed E-state index contributed by atoms with van der Waals surface area (Å²) in [6, 6.07) is 6.83. The fourth-order valence-electron chi connectivity index (χ4n) is 4.09. The molecule has 31 heavy (non-hydrogen) atoms. The van der Waals surface area contributed by atoms with Crippen LogP contribution in [0.15, 0.2) is 57.5 Å². The van der Waals surface area contributed by atoms with Crippen LogP contribution in [0.4, 0.5) is 0 Å². The minimum absolute atomic E-state index is 0.117. The second-order valence-corrected chi connectivity index (χ2v) is 8.65. The standard InChI is InChI=1S/C24H26N2O4S/c1-4-30-23(28)20-15(2)25-24-26(21(20)17-10-12-18(29-3)13-11-17)22(27)19(31-24)14-16-8-6-5-7-9-16/h5-6,10-14,16,21H,4,7-9H2,1-3H3/b19-14-. The number of thiazole rings is 1. The average Bonchev–Trinajstić information content (AvgIpc) is 3.08. The van der Waals surface area contributed by atoms with Crippen molar-refractivity contribution in [3.8, 4) is 5.75 Å². The van der Waals surface area contributed by atoms with E-state index in [2.05, 4.69) is 23.2 Å². The molecule has 2 atom stereocenters. The first-order chi connectivity index (χ1) is 15.0. The third-order valence-corrected chi connectivity index (χ3v) is 6.65. The number of esters is 1. The van der Waals surface area contributed by atoms with Crippen LogP contribution in [0.25, 0.3) is 6.08 Å². The quantitative estimate of drug-likeness (QED) is 0.531. The predicted molar refractivity (Wildman–Crippen MR) is 121 cm³/mol. The van der Waals surface area contributed by atoms with Gasteiger partial charge in [-0.05, 0) is 56.7 Å². The summed E-state index contributed by atoms with van der Waals surface area (Å²) in [5.41, 5.74) is 1.67. The highest BCUT2D eigenvalue weighted by atomic mass is 32.1. The minimum Gasteiger partial charge on any atom is -0.497 e. The van der Waals surface area contributed by atoms with Gasteiger partial charge in [0.25, 0.3) is 5.56 Å². The van der Waals surface area contributed by atoms with Crippen molar-refractivity contribution in [2.45, 2.75) is 39.2 Å². The van der Waals surface area contributed by atoms with Gasteiger partial charge in [0.05, 0.1) is 35.6 Å². The van der Waals surface area contributed by atoms with Crippen LogP contribution in [-0.4, -0.2) is 24.3 Å². The van der Waals surface area contributed by atoms with Gasteiger partial charge >= 0.3 is 5.97 Å². The fraction of sp³-hybridized carbons (Fsp3) is 0.375. The van der Waals surface area contributed by atoms with Gasteiger partial charge in [-0.15, -0.1) is 0 Å². The topological polar surface area (TPSA) is 69.9 Å². The van der Waals surface area contributed by atoms with Crippen molar-refractivity contribution in [3.63, 3.8) is 0 Å². The number of allylic oxidation sites excluding steroid dienone is 3. The lowest BCUT2D eigenvalue weighted by molar-refractivity contribution is -0.139. The number of aromatic nitrogens is 1. The highest BCUT2D eigenvalue weighted by Crippen LogP contribution is 2.31. The van der Waals surface area contributed by atoms with Gasteiger partial charge in [-0.3, -0.25) is 9.36 Å². The van der Waals surface area contributed by atoms with Crippen molar-refractivity contribution in [2.24, 2.45) is 10.9 Å². The largest absolute Gasteiger partial charge is 0.497 e. The molecule has 0 bridgehead atoms. The summed E-state index contributed by atoms with van der Waals surface area (Å²) in [6.07, 6.45) is 9.43. The number of rotatable bonds is 5. The van der Waals surface area contributed by atoms with E-state index in [9.17, 15) is 9.59 Å². The Kier molecular flexibility index (Phi) is 6.23. The Labute approximate surface area is 184 Å². The Morgan fingerprint density at radius 1 is 1.29 bits per heavy atom. The first kappa shape index (κ1) is 21.3. The highest BCUT2D eigenvalue weighted by molar-refractivity contribution is 7.07. The molecule has 2 unspecified atom stereocenters. The maximum atomic E-state index is 13.5. The SMILES string of the molecule is CCOC(=O)C1=C(C)N=c2s/c(=C\C3CC=CCC3)c(=O)n2C1c1ccc(OC)cc1. The average molecular weight is 439 g/mol. The van der Waals surface area contributed by atoms with Crippen LogP contribution in [0, 0.1) is 5.92 Å². The molecule has 6 nitrogen and oxygen atoms in total. The summed E-state index contributed by atoms with van der Waals surface area (Å²) in [6.45, 7) is 3.82. The molecule has 0 amide bonds. The van der Waals surface area contributed by atoms with Gasteiger partial charge < -0.3 is 9.47 Å². The molecule has 1 aromatic carbocycles. The van der Waals surface area contributed by atoms with Crippen LogP contribution in [0.2, 0.25) is 0 Å². The third-order valence-electron chi connectivity index (χ3n) is 5.65. The molecule has 0 saturated carbocycles. The lowest BCUT2D eigenvalue weighted by Crippen LogP contribution is -2.40. The maximum Gasteiger partial charge on any atom is 0.338 e. The third kappa shape index (κ3) is 4.14. The second-order valence-electron chi connectivity index (χ2n) is 7.64. The monoisotopic (exact) mass is 438 g/mol. The Morgan fingerprint density at radius 2 is 2.06 bits per heavy atom. The molecule has 0 radical (unpaired) electrons. The Bertz CT molecular complexity index is 1220. The first-order valence-corrected chi connectivity index (χ1v) is 11.3. The molecule has 0 fully saturated rings. The highest BCUT2D eigenvalue weighted by Gasteiger charge is 2.33. The number of hydrogen-bond acceptors (Lipinski definition) is 6. The number of ether oxygens (including phenoxy) is 2. The van der Waals surface area contributed by atoms with E-state index in [4.69, 9.17) is 9.47 Å². The number of hydrogen-bond donors (Lipinski definition) is 0. The molecule has 0 N–H and O–H groups in total. The van der Waals surface area contributed by atoms with Gasteiger partial charge in [0.2, 0.25) is 0 Å². The van der Waals surface area contributed by atoms with E-state index in [-0.39, 0.29) is 12.2 Å². The van der Waals surface area contributed by atoms with E-state index in [1.807, 2.05) is 24.3 Å². The predicted octanol–water partition coefficient (Wildman–Crippen LogP) is 3.11. The summed E-state index contributed by atoms with van der Waals surface area (Å²) >= 11 is 1.39. The minimum atomic E-state index is -0.588. The zero-order valence-electron chi connectivity index (χ0n) is 18.0. The molecule has 1 aliphatic heterocycles. The number of benzene rings is 1. The normalized spacial score (nSPS) is 20.9. The van der Waals surface area contributed by atoms with Crippen molar-refractivity contribution >= 4 is 23.4 Å². The van der Waals surface area contributed by atoms with Gasteiger partial charge in [-0.25, -0.2) is 9.79 Å². The molecule has 2 aliphatic rings. The molecule has 1 aromatic heterocycles. The van der Waals surface area contributed by atoms with Crippen LogP contribution in [0.1, 0.15) is 44.7 Å². The number of fused-ring (bicyclic) bond motifs is 1. The molecule has 1 aliphatic carbocycles. The summed E-state index contributed by atoms with van der Waals surface area (Å²) in [7, 11) is 1.60. The molecule has 2 heterocycles. The second kappa shape index (κ2) is 9.06. The number of carbonyl (C=O) groups is 1. The molecule has 0 saturated heterocycles. The zero-order valence-corrected chi connectivity index (χ0v) is 18.8. The molecule has 4 rings (SSSR count). The van der Waals surface area contributed by atoms with E-state index in [0.29, 0.717) is 32.3 Å². The lowest BCUT2D eigenvalue weighted by atomic mass is 9.94. The van der Waals surface area contributed by atoms with Crippen molar-refractivity contribution in [1.29, 1.82) is 0 Å². The Morgan fingerprint density at radius 3 is 2.71 bits per heavy atom. The molecule has 0 spiro atoms. The maximum absolute atomic E-state index is 13.5. The number of carbonyl (C=O) groups excluding carboxylic acids is 1. The van der Waals surface area contributed by atoms with Gasteiger partial charge in [-0.1, -0.05) is 41.7 Å². The number of methoxy groups -OCH3 is 1. The summed E-state index contributed by atoms with van der Waals surface area (Å²) in [5, 5.41) is 0. The van der Waals surface area contributed by atoms with Crippen molar-refractivity contribution < 1.29 is 14.3 Å². The van der Waals surface area contributed by atoms with Gasteiger partial charge in [0.15, 0.2) is 4.80 Å². The van der Waals surface area contributed by atoms with E-state index in [1.165, 1.54) is 11.3 Å². The van der Waals surface area contributed by atoms with Crippen LogP contribution in [0.5, 0.6) is 5.75 Å². The van der Waals surface area contributed by atoms with Crippen molar-refractivity contribution in [3.05, 3.63) is 72.9 Å². The van der Waals surface area contributed by atoms with Crippen LogP contribution < -0.4 is 19.6 Å². The molecular weight excluding hydrogens is 412 g/mol. The summed E-state index contributed by atoms with van der Waals surface area (Å²) in [5.74, 6) is 0.604. The van der Waals surface area contributed by atoms with E-state index in [0.717, 1.165) is 24.8 Å². The first-order valence-electron chi connectivity index (χ1n) is 10.5. The van der Waals surface area contributed by atoms with E-state index in [1.54, 1.807) is 25.5 Å². The fourth-order valence-corrected chi connectivity index (χ4v) is 5.20. The van der Waals surface area contributed by atoms with Crippen molar-refractivity contribution in [2.75, 3.05) is 13.7 Å².